The summed E-state index contributed by atoms with van der Waals surface area (Å²) in [7, 11) is 0. The van der Waals surface area contributed by atoms with Crippen LogP contribution in [0.2, 0.25) is 5.15 Å². The van der Waals surface area contributed by atoms with Gasteiger partial charge in [-0.25, -0.2) is 4.98 Å². The monoisotopic (exact) mass is 276 g/mol. The average Bonchev–Trinajstić information content (AvgIpc) is 3.04. The average molecular weight is 277 g/mol. The van der Waals surface area contributed by atoms with Crippen LogP contribution in [0.1, 0.15) is 23.7 Å². The standard InChI is InChI=1S/C14H13ClN2O2/c15-13-4-3-9(7-16-13)8-17-14(18)11-6-10(11)12-2-1-5-19-12/h1-5,7,10-11H,6,8H2,(H,17,18). The van der Waals surface area contributed by atoms with Crippen LogP contribution in [0.4, 0.5) is 0 Å². The van der Waals surface area contributed by atoms with Crippen molar-refractivity contribution in [2.75, 3.05) is 0 Å². The highest BCUT2D eigenvalue weighted by Crippen LogP contribution is 2.47. The van der Waals surface area contributed by atoms with Crippen LogP contribution in [0.3, 0.4) is 0 Å². The quantitative estimate of drug-likeness (QED) is 0.874. The molecule has 1 aliphatic carbocycles. The fraction of sp³-hybridized carbons (Fsp3) is 0.286. The summed E-state index contributed by atoms with van der Waals surface area (Å²) in [5.74, 6) is 1.23. The Morgan fingerprint density at radius 1 is 1.47 bits per heavy atom. The zero-order valence-electron chi connectivity index (χ0n) is 10.2. The molecule has 1 aliphatic rings. The van der Waals surface area contributed by atoms with Crippen molar-refractivity contribution in [1.82, 2.24) is 10.3 Å². The first-order valence-corrected chi connectivity index (χ1v) is 6.53. The zero-order valence-corrected chi connectivity index (χ0v) is 10.9. The van der Waals surface area contributed by atoms with Crippen LogP contribution < -0.4 is 5.32 Å². The molecule has 4 nitrogen and oxygen atoms in total. The van der Waals surface area contributed by atoms with Crippen molar-refractivity contribution in [2.24, 2.45) is 5.92 Å². The summed E-state index contributed by atoms with van der Waals surface area (Å²) in [6, 6.07) is 7.33. The number of amides is 1. The van der Waals surface area contributed by atoms with Crippen molar-refractivity contribution in [1.29, 1.82) is 0 Å². The molecule has 2 atom stereocenters. The van der Waals surface area contributed by atoms with Crippen molar-refractivity contribution in [3.05, 3.63) is 53.2 Å². The fourth-order valence-corrected chi connectivity index (χ4v) is 2.24. The van der Waals surface area contributed by atoms with E-state index in [4.69, 9.17) is 16.0 Å². The molecule has 0 spiro atoms. The molecule has 0 aromatic carbocycles. The Morgan fingerprint density at radius 3 is 3.05 bits per heavy atom. The van der Waals surface area contributed by atoms with E-state index < -0.39 is 0 Å². The smallest absolute Gasteiger partial charge is 0.224 e. The van der Waals surface area contributed by atoms with Gasteiger partial charge in [0.15, 0.2) is 0 Å². The van der Waals surface area contributed by atoms with Gasteiger partial charge in [0.25, 0.3) is 0 Å². The Kier molecular flexibility index (Phi) is 3.25. The summed E-state index contributed by atoms with van der Waals surface area (Å²) in [5, 5.41) is 3.36. The van der Waals surface area contributed by atoms with Crippen LogP contribution >= 0.6 is 11.6 Å². The van der Waals surface area contributed by atoms with Crippen LogP contribution in [0, 0.1) is 5.92 Å². The lowest BCUT2D eigenvalue weighted by atomic mass is 10.2. The number of nitrogens with zero attached hydrogens (tertiary/aromatic N) is 1. The zero-order chi connectivity index (χ0) is 13.2. The first-order chi connectivity index (χ1) is 9.24. The molecule has 5 heteroatoms. The Hall–Kier alpha value is -1.81. The number of hydrogen-bond donors (Lipinski definition) is 1. The van der Waals surface area contributed by atoms with Crippen molar-refractivity contribution < 1.29 is 9.21 Å². The second kappa shape index (κ2) is 5.05. The largest absolute Gasteiger partial charge is 0.469 e. The summed E-state index contributed by atoms with van der Waals surface area (Å²) < 4.78 is 5.31. The number of aromatic nitrogens is 1. The van der Waals surface area contributed by atoms with E-state index in [1.165, 1.54) is 0 Å². The summed E-state index contributed by atoms with van der Waals surface area (Å²) in [6.45, 7) is 0.477. The number of pyridine rings is 1. The predicted molar refractivity (Wildman–Crippen MR) is 70.6 cm³/mol. The van der Waals surface area contributed by atoms with Gasteiger partial charge in [0, 0.05) is 24.6 Å². The molecule has 2 aromatic rings. The summed E-state index contributed by atoms with van der Waals surface area (Å²) >= 11 is 5.70. The molecule has 1 saturated carbocycles. The number of carbonyl (C=O) groups excluding carboxylic acids is 1. The molecule has 2 aromatic heterocycles. The molecule has 98 valence electrons. The lowest BCUT2D eigenvalue weighted by molar-refractivity contribution is -0.122. The normalized spacial score (nSPS) is 21.1. The fourth-order valence-electron chi connectivity index (χ4n) is 2.13. The molecular weight excluding hydrogens is 264 g/mol. The Labute approximate surface area is 115 Å². The van der Waals surface area contributed by atoms with Gasteiger partial charge in [-0.05, 0) is 30.2 Å². The van der Waals surface area contributed by atoms with Crippen LogP contribution in [0.15, 0.2) is 41.1 Å². The van der Waals surface area contributed by atoms with Crippen molar-refractivity contribution in [2.45, 2.75) is 18.9 Å². The maximum Gasteiger partial charge on any atom is 0.224 e. The first kappa shape index (κ1) is 12.2. The molecule has 1 N–H and O–H groups in total. The maximum absolute atomic E-state index is 12.0. The van der Waals surface area contributed by atoms with E-state index in [0.29, 0.717) is 11.7 Å². The Morgan fingerprint density at radius 2 is 2.37 bits per heavy atom. The van der Waals surface area contributed by atoms with Crippen molar-refractivity contribution in [3.63, 3.8) is 0 Å². The van der Waals surface area contributed by atoms with E-state index in [-0.39, 0.29) is 17.7 Å². The molecule has 1 fully saturated rings. The number of rotatable bonds is 4. The van der Waals surface area contributed by atoms with Gasteiger partial charge < -0.3 is 9.73 Å². The molecule has 0 bridgehead atoms. The van der Waals surface area contributed by atoms with Gasteiger partial charge in [0.1, 0.15) is 10.9 Å². The van der Waals surface area contributed by atoms with Crippen LogP contribution in [0.5, 0.6) is 0 Å². The molecule has 0 radical (unpaired) electrons. The topological polar surface area (TPSA) is 55.1 Å². The van der Waals surface area contributed by atoms with E-state index in [9.17, 15) is 4.79 Å². The van der Waals surface area contributed by atoms with Gasteiger partial charge in [-0.3, -0.25) is 4.79 Å². The van der Waals surface area contributed by atoms with E-state index in [1.54, 1.807) is 18.5 Å². The maximum atomic E-state index is 12.0. The molecule has 1 amide bonds. The van der Waals surface area contributed by atoms with E-state index in [0.717, 1.165) is 17.7 Å². The minimum absolute atomic E-state index is 0.0337. The minimum atomic E-state index is 0.0337. The van der Waals surface area contributed by atoms with Crippen molar-refractivity contribution >= 4 is 17.5 Å². The summed E-state index contributed by atoms with van der Waals surface area (Å²) in [6.07, 6.45) is 4.17. The van der Waals surface area contributed by atoms with Gasteiger partial charge in [-0.1, -0.05) is 17.7 Å². The highest BCUT2D eigenvalue weighted by atomic mass is 35.5. The van der Waals surface area contributed by atoms with E-state index >= 15 is 0 Å². The van der Waals surface area contributed by atoms with Gasteiger partial charge in [0.05, 0.1) is 6.26 Å². The van der Waals surface area contributed by atoms with Gasteiger partial charge >= 0.3 is 0 Å². The number of furan rings is 1. The third-order valence-corrected chi connectivity index (χ3v) is 3.51. The third kappa shape index (κ3) is 2.79. The molecule has 19 heavy (non-hydrogen) atoms. The number of halogens is 1. The highest BCUT2D eigenvalue weighted by molar-refractivity contribution is 6.29. The van der Waals surface area contributed by atoms with E-state index in [1.807, 2.05) is 18.2 Å². The van der Waals surface area contributed by atoms with Crippen LogP contribution in [0.25, 0.3) is 0 Å². The number of nitrogens with one attached hydrogen (secondary N) is 1. The first-order valence-electron chi connectivity index (χ1n) is 6.15. The van der Waals surface area contributed by atoms with E-state index in [2.05, 4.69) is 10.3 Å². The second-order valence-electron chi connectivity index (χ2n) is 4.67. The Balaban J connectivity index is 1.52. The lowest BCUT2D eigenvalue weighted by Gasteiger charge is -2.04. The second-order valence-corrected chi connectivity index (χ2v) is 5.06. The van der Waals surface area contributed by atoms with Crippen molar-refractivity contribution in [3.8, 4) is 0 Å². The number of hydrogen-bond acceptors (Lipinski definition) is 3. The van der Waals surface area contributed by atoms with Gasteiger partial charge in [0.2, 0.25) is 5.91 Å². The van der Waals surface area contributed by atoms with Gasteiger partial charge in [-0.2, -0.15) is 0 Å². The SMILES string of the molecule is O=C(NCc1ccc(Cl)nc1)C1CC1c1ccco1. The molecule has 0 saturated heterocycles. The lowest BCUT2D eigenvalue weighted by Crippen LogP contribution is -2.24. The molecule has 2 unspecified atom stereocenters. The minimum Gasteiger partial charge on any atom is -0.469 e. The predicted octanol–water partition coefficient (Wildman–Crippen LogP) is 2.75. The van der Waals surface area contributed by atoms with Gasteiger partial charge in [-0.15, -0.1) is 0 Å². The summed E-state index contributed by atoms with van der Waals surface area (Å²) in [4.78, 5) is 15.9. The molecule has 3 rings (SSSR count). The Bertz CT molecular complexity index is 566. The number of carbonyl (C=O) groups is 1. The summed E-state index contributed by atoms with van der Waals surface area (Å²) in [5.41, 5.74) is 0.938. The highest BCUT2D eigenvalue weighted by Gasteiger charge is 2.45. The van der Waals surface area contributed by atoms with Crippen LogP contribution in [-0.4, -0.2) is 10.9 Å². The molecule has 0 aliphatic heterocycles. The van der Waals surface area contributed by atoms with Crippen LogP contribution in [-0.2, 0) is 11.3 Å². The molecule has 2 heterocycles. The molecular formula is C14H13ClN2O2. The third-order valence-electron chi connectivity index (χ3n) is 3.29.